The second-order valence-electron chi connectivity index (χ2n) is 8.79. The third-order valence-corrected chi connectivity index (χ3v) is 5.89. The zero-order valence-electron chi connectivity index (χ0n) is 20.7. The van der Waals surface area contributed by atoms with E-state index in [9.17, 15) is 28.7 Å². The maximum absolute atomic E-state index is 13.1. The Kier molecular flexibility index (Phi) is 9.56. The van der Waals surface area contributed by atoms with Crippen molar-refractivity contribution in [2.75, 3.05) is 26.7 Å². The molecule has 2 aromatic carbocycles. The molecular weight excluding hydrogens is 483 g/mol. The highest BCUT2D eigenvalue weighted by molar-refractivity contribution is 6.01. The van der Waals surface area contributed by atoms with Gasteiger partial charge in [0.1, 0.15) is 30.3 Å². The first-order valence-electron chi connectivity index (χ1n) is 11.9. The molecule has 11 heteroatoms. The van der Waals surface area contributed by atoms with Crippen molar-refractivity contribution in [3.8, 4) is 5.75 Å². The highest BCUT2D eigenvalue weighted by Gasteiger charge is 2.31. The third kappa shape index (κ3) is 7.74. The number of para-hydroxylation sites is 1. The van der Waals surface area contributed by atoms with Gasteiger partial charge in [-0.2, -0.15) is 0 Å². The van der Waals surface area contributed by atoms with Crippen LogP contribution in [0.2, 0.25) is 0 Å². The molecule has 0 radical (unpaired) electrons. The fourth-order valence-corrected chi connectivity index (χ4v) is 3.78. The van der Waals surface area contributed by atoms with E-state index in [1.165, 1.54) is 37.1 Å². The molecule has 0 saturated carbocycles. The van der Waals surface area contributed by atoms with Gasteiger partial charge in [0.25, 0.3) is 5.91 Å². The number of halogens is 1. The monoisotopic (exact) mass is 514 g/mol. The maximum Gasteiger partial charge on any atom is 0.255 e. The molecule has 0 fully saturated rings. The van der Waals surface area contributed by atoms with Crippen LogP contribution in [-0.4, -0.2) is 78.6 Å². The van der Waals surface area contributed by atoms with Crippen LogP contribution in [0.5, 0.6) is 5.75 Å². The molecule has 0 saturated heterocycles. The first-order valence-corrected chi connectivity index (χ1v) is 11.9. The number of benzene rings is 2. The van der Waals surface area contributed by atoms with E-state index in [-0.39, 0.29) is 36.8 Å². The third-order valence-electron chi connectivity index (χ3n) is 5.89. The predicted octanol–water partition coefficient (Wildman–Crippen LogP) is 0.390. The van der Waals surface area contributed by atoms with Crippen LogP contribution in [0.3, 0.4) is 0 Å². The summed E-state index contributed by atoms with van der Waals surface area (Å²) in [5, 5.41) is 17.8. The number of aliphatic hydroxyl groups excluding tert-OH is 1. The summed E-state index contributed by atoms with van der Waals surface area (Å²) < 4.78 is 18.8. The summed E-state index contributed by atoms with van der Waals surface area (Å²) in [6.07, 6.45) is -1.27. The van der Waals surface area contributed by atoms with Crippen molar-refractivity contribution in [1.82, 2.24) is 20.9 Å². The van der Waals surface area contributed by atoms with Gasteiger partial charge in [0.2, 0.25) is 17.7 Å². The summed E-state index contributed by atoms with van der Waals surface area (Å²) in [7, 11) is 1.51. The molecule has 0 aliphatic carbocycles. The Morgan fingerprint density at radius 3 is 2.57 bits per heavy atom. The van der Waals surface area contributed by atoms with E-state index in [1.54, 1.807) is 30.3 Å². The predicted molar refractivity (Wildman–Crippen MR) is 132 cm³/mol. The molecule has 3 atom stereocenters. The van der Waals surface area contributed by atoms with Gasteiger partial charge in [-0.3, -0.25) is 19.2 Å². The average molecular weight is 515 g/mol. The number of nitrogens with zero attached hydrogens (tertiary/aromatic N) is 1. The van der Waals surface area contributed by atoms with Gasteiger partial charge in [0, 0.05) is 13.6 Å². The Balaban J connectivity index is 1.81. The minimum Gasteiger partial charge on any atom is -0.491 e. The summed E-state index contributed by atoms with van der Waals surface area (Å²) in [4.78, 5) is 53.0. The fourth-order valence-electron chi connectivity index (χ4n) is 3.78. The van der Waals surface area contributed by atoms with Crippen LogP contribution in [0.25, 0.3) is 0 Å². The quantitative estimate of drug-likeness (QED) is 0.456. The highest BCUT2D eigenvalue weighted by atomic mass is 19.1. The Labute approximate surface area is 214 Å². The number of ether oxygens (including phenoxy) is 1. The molecule has 1 aliphatic heterocycles. The molecule has 3 rings (SSSR count). The summed E-state index contributed by atoms with van der Waals surface area (Å²) in [6, 6.07) is 9.73. The molecule has 4 amide bonds. The van der Waals surface area contributed by atoms with Crippen LogP contribution in [0, 0.1) is 5.82 Å². The number of hydrogen-bond donors (Lipinski definition) is 4. The summed E-state index contributed by atoms with van der Waals surface area (Å²) in [6.45, 7) is 1.75. The topological polar surface area (TPSA) is 137 Å². The van der Waals surface area contributed by atoms with Gasteiger partial charge in [-0.15, -0.1) is 0 Å². The number of carbonyl (C=O) groups excluding carboxylic acids is 4. The van der Waals surface area contributed by atoms with Gasteiger partial charge in [0.05, 0.1) is 24.6 Å². The van der Waals surface area contributed by atoms with Gasteiger partial charge in [0.15, 0.2) is 0 Å². The van der Waals surface area contributed by atoms with Crippen molar-refractivity contribution in [3.63, 3.8) is 0 Å². The van der Waals surface area contributed by atoms with Crippen molar-refractivity contribution in [2.45, 2.75) is 38.0 Å². The van der Waals surface area contributed by atoms with E-state index >= 15 is 0 Å². The average Bonchev–Trinajstić information content (AvgIpc) is 2.87. The molecular formula is C26H31FN4O6. The number of aliphatic hydroxyl groups is 1. The molecule has 1 heterocycles. The zero-order valence-corrected chi connectivity index (χ0v) is 20.7. The Bertz CT molecular complexity index is 1120. The summed E-state index contributed by atoms with van der Waals surface area (Å²) in [5.41, 5.74) is 0.961. The standard InChI is InChI=1S/C26H31FN4O6/c1-16(32)23-26(36)31(2)13-14-37-21-6-4-3-5-19(21)24(34)29-20(15-22(33)30-23)25(35)28-12-11-17-7-9-18(27)10-8-17/h3-10,16,20,23,32H,11-15H2,1-2H3,(H,28,35)(H,29,34)(H,30,33)/t16-,20+,23+/m1/s1. The lowest BCUT2D eigenvalue weighted by atomic mass is 10.1. The van der Waals surface area contributed by atoms with Crippen molar-refractivity contribution in [2.24, 2.45) is 0 Å². The first-order chi connectivity index (χ1) is 17.7. The number of rotatable bonds is 5. The lowest BCUT2D eigenvalue weighted by molar-refractivity contribution is -0.139. The molecule has 2 aromatic rings. The molecule has 0 bridgehead atoms. The van der Waals surface area contributed by atoms with Crippen molar-refractivity contribution < 1.29 is 33.4 Å². The van der Waals surface area contributed by atoms with E-state index in [4.69, 9.17) is 4.74 Å². The van der Waals surface area contributed by atoms with Crippen LogP contribution in [-0.2, 0) is 20.8 Å². The minimum atomic E-state index is -1.28. The van der Waals surface area contributed by atoms with E-state index < -0.39 is 48.2 Å². The van der Waals surface area contributed by atoms with Gasteiger partial charge < -0.3 is 30.7 Å². The second kappa shape index (κ2) is 12.8. The second-order valence-corrected chi connectivity index (χ2v) is 8.79. The molecule has 1 aliphatic rings. The fraction of sp³-hybridized carbons (Fsp3) is 0.385. The molecule has 198 valence electrons. The van der Waals surface area contributed by atoms with E-state index in [0.29, 0.717) is 6.42 Å². The van der Waals surface area contributed by atoms with E-state index in [0.717, 1.165) is 5.56 Å². The lowest BCUT2D eigenvalue weighted by Crippen LogP contribution is -2.55. The van der Waals surface area contributed by atoms with Gasteiger partial charge >= 0.3 is 0 Å². The highest BCUT2D eigenvalue weighted by Crippen LogP contribution is 2.18. The van der Waals surface area contributed by atoms with E-state index in [2.05, 4.69) is 16.0 Å². The van der Waals surface area contributed by atoms with Gasteiger partial charge in [-0.05, 0) is 43.2 Å². The number of likely N-dealkylation sites (N-methyl/N-ethyl adjacent to an activating group) is 1. The van der Waals surface area contributed by atoms with Crippen LogP contribution in [0.1, 0.15) is 29.3 Å². The minimum absolute atomic E-state index is 0.0559. The number of amides is 4. The van der Waals surface area contributed by atoms with Crippen molar-refractivity contribution in [3.05, 3.63) is 65.5 Å². The molecule has 37 heavy (non-hydrogen) atoms. The summed E-state index contributed by atoms with van der Waals surface area (Å²) in [5.74, 6) is -2.57. The Morgan fingerprint density at radius 1 is 1.16 bits per heavy atom. The molecule has 0 aromatic heterocycles. The van der Waals surface area contributed by atoms with E-state index in [1.807, 2.05) is 0 Å². The Hall–Kier alpha value is -3.99. The van der Waals surface area contributed by atoms with Crippen LogP contribution in [0.15, 0.2) is 48.5 Å². The number of carbonyl (C=O) groups is 4. The van der Waals surface area contributed by atoms with Gasteiger partial charge in [-0.1, -0.05) is 24.3 Å². The van der Waals surface area contributed by atoms with Gasteiger partial charge in [-0.25, -0.2) is 4.39 Å². The Morgan fingerprint density at radius 2 is 1.86 bits per heavy atom. The molecule has 0 spiro atoms. The van der Waals surface area contributed by atoms with Crippen LogP contribution >= 0.6 is 0 Å². The van der Waals surface area contributed by atoms with Crippen LogP contribution in [0.4, 0.5) is 4.39 Å². The van der Waals surface area contributed by atoms with Crippen molar-refractivity contribution >= 4 is 23.6 Å². The number of hydrogen-bond acceptors (Lipinski definition) is 6. The van der Waals surface area contributed by atoms with Crippen LogP contribution < -0.4 is 20.7 Å². The molecule has 10 nitrogen and oxygen atoms in total. The lowest BCUT2D eigenvalue weighted by Gasteiger charge is -2.28. The smallest absolute Gasteiger partial charge is 0.255 e. The molecule has 0 unspecified atom stereocenters. The number of nitrogens with one attached hydrogen (secondary N) is 3. The maximum atomic E-state index is 13.1. The summed E-state index contributed by atoms with van der Waals surface area (Å²) >= 11 is 0. The first kappa shape index (κ1) is 27.6. The van der Waals surface area contributed by atoms with Crippen molar-refractivity contribution in [1.29, 1.82) is 0 Å². The number of fused-ring (bicyclic) bond motifs is 1. The SMILES string of the molecule is C[C@@H](O)[C@@H]1NC(=O)C[C@@H](C(=O)NCCc2ccc(F)cc2)NC(=O)c2ccccc2OCCN(C)C1=O. The zero-order chi connectivity index (χ0) is 26.9. The molecule has 4 N–H and O–H groups in total. The normalized spacial score (nSPS) is 20.0. The largest absolute Gasteiger partial charge is 0.491 e.